The third-order valence-corrected chi connectivity index (χ3v) is 4.94. The molecule has 132 valence electrons. The lowest BCUT2D eigenvalue weighted by atomic mass is 10.1. The van der Waals surface area contributed by atoms with Crippen LogP contribution in [0.15, 0.2) is 47.0 Å². The lowest BCUT2D eigenvalue weighted by Gasteiger charge is -2.21. The molecule has 1 aliphatic heterocycles. The van der Waals surface area contributed by atoms with Crippen LogP contribution in [0.25, 0.3) is 11.5 Å². The standard InChI is InChI=1S/C21H21N3O2/c1-13-7-9-16(10-8-13)21-22-20(23-26-21)17-11-18(25)24(12-17)19-14(2)5-4-6-15(19)3/h4-10,17H,11-12H2,1-3H3. The Morgan fingerprint density at radius 1 is 1.04 bits per heavy atom. The van der Waals surface area contributed by atoms with Crippen LogP contribution >= 0.6 is 0 Å². The molecule has 0 saturated carbocycles. The van der Waals surface area contributed by atoms with Crippen molar-refractivity contribution in [3.05, 3.63) is 65.0 Å². The van der Waals surface area contributed by atoms with E-state index in [0.29, 0.717) is 24.7 Å². The highest BCUT2D eigenvalue weighted by atomic mass is 16.5. The maximum absolute atomic E-state index is 12.6. The normalized spacial score (nSPS) is 17.1. The molecule has 1 saturated heterocycles. The Morgan fingerprint density at radius 3 is 2.42 bits per heavy atom. The molecule has 0 aliphatic carbocycles. The molecule has 0 bridgehead atoms. The summed E-state index contributed by atoms with van der Waals surface area (Å²) in [5, 5.41) is 4.14. The highest BCUT2D eigenvalue weighted by Crippen LogP contribution is 2.34. The van der Waals surface area contributed by atoms with Gasteiger partial charge < -0.3 is 9.42 Å². The molecular formula is C21H21N3O2. The van der Waals surface area contributed by atoms with Crippen LogP contribution < -0.4 is 4.90 Å². The number of carbonyl (C=O) groups excluding carboxylic acids is 1. The van der Waals surface area contributed by atoms with E-state index in [1.54, 1.807) is 0 Å². The van der Waals surface area contributed by atoms with Crippen LogP contribution in [0.3, 0.4) is 0 Å². The fourth-order valence-corrected chi connectivity index (χ4v) is 3.54. The van der Waals surface area contributed by atoms with Crippen molar-refractivity contribution in [2.45, 2.75) is 33.1 Å². The summed E-state index contributed by atoms with van der Waals surface area (Å²) in [5.74, 6) is 1.15. The topological polar surface area (TPSA) is 59.2 Å². The molecule has 1 aromatic heterocycles. The first kappa shape index (κ1) is 16.5. The number of nitrogens with zero attached hydrogens (tertiary/aromatic N) is 3. The van der Waals surface area contributed by atoms with E-state index in [1.165, 1.54) is 5.56 Å². The zero-order chi connectivity index (χ0) is 18.3. The maximum Gasteiger partial charge on any atom is 0.257 e. The summed E-state index contributed by atoms with van der Waals surface area (Å²) in [6.45, 7) is 6.69. The van der Waals surface area contributed by atoms with Gasteiger partial charge in [-0.25, -0.2) is 0 Å². The van der Waals surface area contributed by atoms with Crippen molar-refractivity contribution >= 4 is 11.6 Å². The summed E-state index contributed by atoms with van der Waals surface area (Å²) in [6.07, 6.45) is 0.403. The molecule has 0 N–H and O–H groups in total. The minimum absolute atomic E-state index is 0.0514. The Kier molecular flexibility index (Phi) is 4.07. The van der Waals surface area contributed by atoms with Gasteiger partial charge in [0.2, 0.25) is 5.91 Å². The van der Waals surface area contributed by atoms with Crippen LogP contribution in [0.4, 0.5) is 5.69 Å². The van der Waals surface area contributed by atoms with Gasteiger partial charge in [0, 0.05) is 30.1 Å². The number of amides is 1. The number of aryl methyl sites for hydroxylation is 3. The van der Waals surface area contributed by atoms with Crippen molar-refractivity contribution < 1.29 is 9.32 Å². The van der Waals surface area contributed by atoms with Gasteiger partial charge >= 0.3 is 0 Å². The van der Waals surface area contributed by atoms with E-state index in [9.17, 15) is 4.79 Å². The summed E-state index contributed by atoms with van der Waals surface area (Å²) in [6, 6.07) is 14.0. The van der Waals surface area contributed by atoms with E-state index in [2.05, 4.69) is 10.1 Å². The predicted molar refractivity (Wildman–Crippen MR) is 100 cm³/mol. The van der Waals surface area contributed by atoms with Crippen molar-refractivity contribution in [2.24, 2.45) is 0 Å². The van der Waals surface area contributed by atoms with Crippen molar-refractivity contribution in [3.8, 4) is 11.5 Å². The first-order chi connectivity index (χ1) is 12.5. The van der Waals surface area contributed by atoms with Crippen molar-refractivity contribution in [2.75, 3.05) is 11.4 Å². The number of hydrogen-bond donors (Lipinski definition) is 0. The monoisotopic (exact) mass is 347 g/mol. The quantitative estimate of drug-likeness (QED) is 0.713. The molecule has 2 aromatic carbocycles. The average molecular weight is 347 g/mol. The lowest BCUT2D eigenvalue weighted by molar-refractivity contribution is -0.117. The number of aromatic nitrogens is 2. The summed E-state index contributed by atoms with van der Waals surface area (Å²) in [7, 11) is 0. The molecule has 4 rings (SSSR count). The van der Waals surface area contributed by atoms with Gasteiger partial charge in [-0.1, -0.05) is 41.1 Å². The number of rotatable bonds is 3. The second kappa shape index (κ2) is 6.41. The van der Waals surface area contributed by atoms with Crippen molar-refractivity contribution in [1.82, 2.24) is 10.1 Å². The second-order valence-electron chi connectivity index (χ2n) is 6.97. The van der Waals surface area contributed by atoms with Gasteiger partial charge in [0.25, 0.3) is 5.89 Å². The van der Waals surface area contributed by atoms with Crippen LogP contribution in [0.5, 0.6) is 0 Å². The van der Waals surface area contributed by atoms with Crippen LogP contribution in [0, 0.1) is 20.8 Å². The van der Waals surface area contributed by atoms with E-state index in [-0.39, 0.29) is 11.8 Å². The van der Waals surface area contributed by atoms with Crippen LogP contribution in [0.2, 0.25) is 0 Å². The highest BCUT2D eigenvalue weighted by Gasteiger charge is 2.35. The predicted octanol–water partition coefficient (Wildman–Crippen LogP) is 4.18. The highest BCUT2D eigenvalue weighted by molar-refractivity contribution is 5.97. The molecular weight excluding hydrogens is 326 g/mol. The Hall–Kier alpha value is -2.95. The zero-order valence-electron chi connectivity index (χ0n) is 15.2. The second-order valence-corrected chi connectivity index (χ2v) is 6.97. The Morgan fingerprint density at radius 2 is 1.73 bits per heavy atom. The fraction of sp³-hybridized carbons (Fsp3) is 0.286. The molecule has 1 amide bonds. The van der Waals surface area contributed by atoms with E-state index in [0.717, 1.165) is 22.4 Å². The SMILES string of the molecule is Cc1ccc(-c2nc(C3CC(=O)N(c4c(C)cccc4C)C3)no2)cc1. The molecule has 26 heavy (non-hydrogen) atoms. The molecule has 1 aliphatic rings. The van der Waals surface area contributed by atoms with Gasteiger partial charge in [0.05, 0.1) is 0 Å². The Labute approximate surface area is 152 Å². The third kappa shape index (κ3) is 2.90. The fourth-order valence-electron chi connectivity index (χ4n) is 3.54. The van der Waals surface area contributed by atoms with Gasteiger partial charge in [-0.2, -0.15) is 4.98 Å². The van der Waals surface area contributed by atoms with Gasteiger partial charge in [0.1, 0.15) is 0 Å². The van der Waals surface area contributed by atoms with Gasteiger partial charge in [-0.15, -0.1) is 0 Å². The largest absolute Gasteiger partial charge is 0.334 e. The minimum Gasteiger partial charge on any atom is -0.334 e. The van der Waals surface area contributed by atoms with Gasteiger partial charge in [-0.3, -0.25) is 4.79 Å². The summed E-state index contributed by atoms with van der Waals surface area (Å²) in [4.78, 5) is 19.0. The molecule has 1 fully saturated rings. The molecule has 1 unspecified atom stereocenters. The molecule has 5 heteroatoms. The van der Waals surface area contributed by atoms with Crippen LogP contribution in [-0.2, 0) is 4.79 Å². The smallest absolute Gasteiger partial charge is 0.257 e. The Bertz CT molecular complexity index is 939. The zero-order valence-corrected chi connectivity index (χ0v) is 15.2. The molecule has 0 spiro atoms. The number of hydrogen-bond acceptors (Lipinski definition) is 4. The van der Waals surface area contributed by atoms with Gasteiger partial charge in [-0.05, 0) is 44.0 Å². The van der Waals surface area contributed by atoms with Crippen molar-refractivity contribution in [3.63, 3.8) is 0 Å². The van der Waals surface area contributed by atoms with Crippen LogP contribution in [0.1, 0.15) is 34.9 Å². The first-order valence-corrected chi connectivity index (χ1v) is 8.80. The number of anilines is 1. The molecule has 2 heterocycles. The van der Waals surface area contributed by atoms with Gasteiger partial charge in [0.15, 0.2) is 5.82 Å². The number of para-hydroxylation sites is 1. The molecule has 3 aromatic rings. The minimum atomic E-state index is -0.0514. The maximum atomic E-state index is 12.6. The summed E-state index contributed by atoms with van der Waals surface area (Å²) < 4.78 is 5.44. The molecule has 0 radical (unpaired) electrons. The third-order valence-electron chi connectivity index (χ3n) is 4.94. The number of carbonyl (C=O) groups is 1. The Balaban J connectivity index is 1.59. The summed E-state index contributed by atoms with van der Waals surface area (Å²) >= 11 is 0. The first-order valence-electron chi connectivity index (χ1n) is 8.80. The molecule has 5 nitrogen and oxygen atoms in total. The number of benzene rings is 2. The lowest BCUT2D eigenvalue weighted by Crippen LogP contribution is -2.26. The van der Waals surface area contributed by atoms with Crippen LogP contribution in [-0.4, -0.2) is 22.6 Å². The van der Waals surface area contributed by atoms with E-state index < -0.39 is 0 Å². The average Bonchev–Trinajstić information content (AvgIpc) is 3.23. The van der Waals surface area contributed by atoms with E-state index in [1.807, 2.05) is 68.1 Å². The summed E-state index contributed by atoms with van der Waals surface area (Å²) in [5.41, 5.74) is 5.28. The molecule has 1 atom stereocenters. The van der Waals surface area contributed by atoms with Crippen molar-refractivity contribution in [1.29, 1.82) is 0 Å². The van der Waals surface area contributed by atoms with E-state index >= 15 is 0 Å². The van der Waals surface area contributed by atoms with E-state index in [4.69, 9.17) is 4.52 Å².